The maximum Gasteiger partial charge on any atom is 0.326 e. The van der Waals surface area contributed by atoms with Crippen molar-refractivity contribution in [2.45, 2.75) is 38.3 Å². The van der Waals surface area contributed by atoms with Crippen LogP contribution in [-0.2, 0) is 14.3 Å². The molecule has 0 aliphatic carbocycles. The first kappa shape index (κ1) is 12.0. The van der Waals surface area contributed by atoms with Gasteiger partial charge in [-0.1, -0.05) is 6.92 Å². The number of methoxy groups -OCH3 is 1. The highest BCUT2D eigenvalue weighted by Crippen LogP contribution is 2.19. The summed E-state index contributed by atoms with van der Waals surface area (Å²) in [7, 11) is 1.47. The van der Waals surface area contributed by atoms with Crippen LogP contribution in [0.1, 0.15) is 26.2 Å². The summed E-state index contributed by atoms with van der Waals surface area (Å²) in [5, 5.41) is 8.93. The summed E-state index contributed by atoms with van der Waals surface area (Å²) >= 11 is 0. The van der Waals surface area contributed by atoms with Crippen molar-refractivity contribution < 1.29 is 19.4 Å². The number of ether oxygens (including phenoxy) is 1. The van der Waals surface area contributed by atoms with Crippen LogP contribution in [0.15, 0.2) is 0 Å². The number of hydrogen-bond donors (Lipinski definition) is 1. The normalized spacial score (nSPS) is 22.8. The van der Waals surface area contributed by atoms with Crippen LogP contribution in [0.4, 0.5) is 0 Å². The molecule has 0 aromatic rings. The van der Waals surface area contributed by atoms with Crippen LogP contribution in [0.5, 0.6) is 0 Å². The number of rotatable bonds is 4. The van der Waals surface area contributed by atoms with Crippen molar-refractivity contribution >= 4 is 11.9 Å². The van der Waals surface area contributed by atoms with Gasteiger partial charge in [-0.25, -0.2) is 4.79 Å². The summed E-state index contributed by atoms with van der Waals surface area (Å²) < 4.78 is 5.02. The van der Waals surface area contributed by atoms with Gasteiger partial charge in [0, 0.05) is 13.7 Å². The van der Waals surface area contributed by atoms with E-state index in [0.29, 0.717) is 19.4 Å². The molecule has 1 fully saturated rings. The van der Waals surface area contributed by atoms with Crippen LogP contribution in [0.3, 0.4) is 0 Å². The van der Waals surface area contributed by atoms with Gasteiger partial charge in [-0.05, 0) is 19.3 Å². The van der Waals surface area contributed by atoms with E-state index in [1.807, 2.05) is 6.92 Å². The number of carbonyl (C=O) groups excluding carboxylic acids is 1. The quantitative estimate of drug-likeness (QED) is 0.741. The zero-order valence-corrected chi connectivity index (χ0v) is 9.10. The lowest BCUT2D eigenvalue weighted by Gasteiger charge is -2.25. The molecule has 1 rings (SSSR count). The molecule has 5 nitrogen and oxygen atoms in total. The molecule has 2 atom stereocenters. The third kappa shape index (κ3) is 2.47. The fourth-order valence-electron chi connectivity index (χ4n) is 1.91. The molecule has 0 aromatic carbocycles. The second-order valence-corrected chi connectivity index (χ2v) is 3.66. The van der Waals surface area contributed by atoms with E-state index in [9.17, 15) is 9.59 Å². The molecule has 0 aromatic heterocycles. The van der Waals surface area contributed by atoms with Gasteiger partial charge in [0.1, 0.15) is 12.1 Å². The predicted molar refractivity (Wildman–Crippen MR) is 53.5 cm³/mol. The molecular weight excluding hydrogens is 198 g/mol. The number of hydrogen-bond acceptors (Lipinski definition) is 3. The Balaban J connectivity index is 2.69. The lowest BCUT2D eigenvalue weighted by Crippen LogP contribution is -2.45. The molecule has 86 valence electrons. The first-order chi connectivity index (χ1) is 7.11. The standard InChI is InChI=1S/C10H17NO4/c1-3-8(15-2)9(12)11-6-4-5-7(11)10(13)14/h7-8H,3-6H2,1-2H3,(H,13,14)/t7-,8?/m1/s1. The second-order valence-electron chi connectivity index (χ2n) is 3.66. The number of carbonyl (C=O) groups is 2. The summed E-state index contributed by atoms with van der Waals surface area (Å²) in [6.45, 7) is 2.37. The highest BCUT2D eigenvalue weighted by atomic mass is 16.5. The average molecular weight is 215 g/mol. The van der Waals surface area contributed by atoms with Crippen LogP contribution in [-0.4, -0.2) is 47.7 Å². The number of carboxylic acids is 1. The molecule has 0 bridgehead atoms. The summed E-state index contributed by atoms with van der Waals surface area (Å²) in [5.74, 6) is -1.13. The number of carboxylic acid groups (broad SMARTS) is 1. The maximum atomic E-state index is 11.9. The lowest BCUT2D eigenvalue weighted by atomic mass is 10.2. The molecule has 5 heteroatoms. The van der Waals surface area contributed by atoms with Crippen LogP contribution in [0.2, 0.25) is 0 Å². The lowest BCUT2D eigenvalue weighted by molar-refractivity contribution is -0.153. The molecule has 0 saturated carbocycles. The predicted octanol–water partition coefficient (Wildman–Crippen LogP) is 0.487. The molecule has 1 aliphatic heterocycles. The Hall–Kier alpha value is -1.10. The van der Waals surface area contributed by atoms with Crippen LogP contribution in [0, 0.1) is 0 Å². The Morgan fingerprint density at radius 1 is 1.60 bits per heavy atom. The fraction of sp³-hybridized carbons (Fsp3) is 0.800. The summed E-state index contributed by atoms with van der Waals surface area (Å²) in [6, 6.07) is -0.665. The summed E-state index contributed by atoms with van der Waals surface area (Å²) in [4.78, 5) is 24.2. The Bertz CT molecular complexity index is 250. The summed E-state index contributed by atoms with van der Waals surface area (Å²) in [5.41, 5.74) is 0. The first-order valence-electron chi connectivity index (χ1n) is 5.17. The van der Waals surface area contributed by atoms with E-state index in [1.165, 1.54) is 12.0 Å². The van der Waals surface area contributed by atoms with E-state index in [0.717, 1.165) is 6.42 Å². The van der Waals surface area contributed by atoms with Gasteiger partial charge in [0.15, 0.2) is 0 Å². The zero-order chi connectivity index (χ0) is 11.4. The van der Waals surface area contributed by atoms with Gasteiger partial charge in [0.05, 0.1) is 0 Å². The molecule has 15 heavy (non-hydrogen) atoms. The van der Waals surface area contributed by atoms with Crippen molar-refractivity contribution in [2.24, 2.45) is 0 Å². The number of amides is 1. The van der Waals surface area contributed by atoms with Crippen LogP contribution < -0.4 is 0 Å². The molecule has 1 unspecified atom stereocenters. The van der Waals surface area contributed by atoms with Crippen molar-refractivity contribution in [3.63, 3.8) is 0 Å². The van der Waals surface area contributed by atoms with Gasteiger partial charge in [0.2, 0.25) is 0 Å². The molecule has 1 aliphatic rings. The van der Waals surface area contributed by atoms with Crippen molar-refractivity contribution in [2.75, 3.05) is 13.7 Å². The molecule has 1 N–H and O–H groups in total. The SMILES string of the molecule is CCC(OC)C(=O)N1CCC[C@@H]1C(=O)O. The number of aliphatic carboxylic acids is 1. The average Bonchev–Trinajstić information content (AvgIpc) is 2.67. The Morgan fingerprint density at radius 2 is 2.27 bits per heavy atom. The topological polar surface area (TPSA) is 66.8 Å². The molecule has 1 amide bonds. The second kappa shape index (κ2) is 5.11. The van der Waals surface area contributed by atoms with E-state index in [4.69, 9.17) is 9.84 Å². The van der Waals surface area contributed by atoms with E-state index in [2.05, 4.69) is 0 Å². The Labute approximate surface area is 89.0 Å². The number of nitrogens with zero attached hydrogens (tertiary/aromatic N) is 1. The Morgan fingerprint density at radius 3 is 2.73 bits per heavy atom. The monoisotopic (exact) mass is 215 g/mol. The molecule has 1 saturated heterocycles. The first-order valence-corrected chi connectivity index (χ1v) is 5.17. The van der Waals surface area contributed by atoms with Gasteiger partial charge in [-0.2, -0.15) is 0 Å². The maximum absolute atomic E-state index is 11.9. The van der Waals surface area contributed by atoms with Crippen molar-refractivity contribution in [3.05, 3.63) is 0 Å². The zero-order valence-electron chi connectivity index (χ0n) is 9.10. The minimum Gasteiger partial charge on any atom is -0.480 e. The molecule has 1 heterocycles. The van der Waals surface area contributed by atoms with E-state index < -0.39 is 18.1 Å². The third-order valence-electron chi connectivity index (χ3n) is 2.75. The van der Waals surface area contributed by atoms with E-state index >= 15 is 0 Å². The minimum atomic E-state index is -0.924. The van der Waals surface area contributed by atoms with Crippen molar-refractivity contribution in [1.82, 2.24) is 4.90 Å². The van der Waals surface area contributed by atoms with Crippen molar-refractivity contribution in [1.29, 1.82) is 0 Å². The fourth-order valence-corrected chi connectivity index (χ4v) is 1.91. The molecule has 0 radical (unpaired) electrons. The smallest absolute Gasteiger partial charge is 0.326 e. The molecule has 0 spiro atoms. The van der Waals surface area contributed by atoms with Crippen molar-refractivity contribution in [3.8, 4) is 0 Å². The molecular formula is C10H17NO4. The summed E-state index contributed by atoms with van der Waals surface area (Å²) in [6.07, 6.45) is 1.35. The van der Waals surface area contributed by atoms with Gasteiger partial charge in [0.25, 0.3) is 5.91 Å². The third-order valence-corrected chi connectivity index (χ3v) is 2.75. The van der Waals surface area contributed by atoms with Crippen LogP contribution >= 0.6 is 0 Å². The van der Waals surface area contributed by atoms with Gasteiger partial charge in [-0.3, -0.25) is 4.79 Å². The van der Waals surface area contributed by atoms with Crippen LogP contribution in [0.25, 0.3) is 0 Å². The van der Waals surface area contributed by atoms with Gasteiger partial charge >= 0.3 is 5.97 Å². The van der Waals surface area contributed by atoms with Gasteiger partial charge < -0.3 is 14.7 Å². The number of likely N-dealkylation sites (tertiary alicyclic amines) is 1. The van der Waals surface area contributed by atoms with Gasteiger partial charge in [-0.15, -0.1) is 0 Å². The minimum absolute atomic E-state index is 0.204. The highest BCUT2D eigenvalue weighted by Gasteiger charge is 2.36. The van der Waals surface area contributed by atoms with E-state index in [-0.39, 0.29) is 5.91 Å². The van der Waals surface area contributed by atoms with E-state index in [1.54, 1.807) is 0 Å². The Kier molecular flexibility index (Phi) is 4.08. The highest BCUT2D eigenvalue weighted by molar-refractivity contribution is 5.86. The largest absolute Gasteiger partial charge is 0.480 e.